The van der Waals surface area contributed by atoms with Crippen molar-refractivity contribution in [2.45, 2.75) is 33.1 Å². The van der Waals surface area contributed by atoms with Crippen LogP contribution < -0.4 is 5.23 Å². The van der Waals surface area contributed by atoms with E-state index in [9.17, 15) is 20.1 Å². The number of hydrogen-bond acceptors (Lipinski definition) is 6. The molecule has 136 valence electrons. The zero-order valence-electron chi connectivity index (χ0n) is 14.2. The molecule has 3 rings (SSSR count). The first-order chi connectivity index (χ1) is 11.7. The van der Waals surface area contributed by atoms with Crippen LogP contribution >= 0.6 is 0 Å². The summed E-state index contributed by atoms with van der Waals surface area (Å²) >= 11 is 0. The van der Waals surface area contributed by atoms with Gasteiger partial charge in [-0.15, -0.1) is 0 Å². The quantitative estimate of drug-likeness (QED) is 0.478. The maximum Gasteiger partial charge on any atom is 0.338 e. The first-order valence-electron chi connectivity index (χ1n) is 8.40. The second kappa shape index (κ2) is 6.36. The van der Waals surface area contributed by atoms with Crippen LogP contribution in [0.2, 0.25) is 0 Å². The van der Waals surface area contributed by atoms with Crippen molar-refractivity contribution in [3.63, 3.8) is 0 Å². The molecule has 8 heteroatoms. The van der Waals surface area contributed by atoms with Crippen LogP contribution in [0, 0.1) is 38.5 Å². The highest BCUT2D eigenvalue weighted by Crippen LogP contribution is 2.59. The van der Waals surface area contributed by atoms with Gasteiger partial charge in [-0.05, 0) is 36.5 Å². The minimum Gasteiger partial charge on any atom is -0.595 e. The van der Waals surface area contributed by atoms with Crippen molar-refractivity contribution < 1.29 is 24.9 Å². The van der Waals surface area contributed by atoms with Gasteiger partial charge in [0, 0.05) is 18.1 Å². The second-order valence-corrected chi connectivity index (χ2v) is 7.63. The standard InChI is InChI=1S/C17H22N2O6/c1-17(2)12-4-3-10(5-12)15(17)9-25-16(20)11-6-13(18(21)22)8-14(7-11)19(23)24/h6-8,10,12,15,18,21H,3-5,9H2,1-2H3/t10-,12+,15+/m0/s1. The lowest BCUT2D eigenvalue weighted by atomic mass is 9.69. The Kier molecular flexibility index (Phi) is 4.52. The largest absolute Gasteiger partial charge is 0.595 e. The number of nitro groups is 1. The van der Waals surface area contributed by atoms with E-state index in [1.54, 1.807) is 0 Å². The van der Waals surface area contributed by atoms with E-state index in [-0.39, 0.29) is 29.2 Å². The number of fused-ring (bicyclic) bond motifs is 2. The lowest BCUT2D eigenvalue weighted by molar-refractivity contribution is -0.991. The smallest absolute Gasteiger partial charge is 0.338 e. The van der Waals surface area contributed by atoms with Gasteiger partial charge in [0.1, 0.15) is 0 Å². The number of carbonyl (C=O) groups excluding carboxylic acids is 1. The summed E-state index contributed by atoms with van der Waals surface area (Å²) in [4.78, 5) is 22.6. The molecule has 2 aliphatic carbocycles. The molecule has 0 amide bonds. The summed E-state index contributed by atoms with van der Waals surface area (Å²) in [7, 11) is 0. The van der Waals surface area contributed by atoms with Crippen LogP contribution in [0.4, 0.5) is 11.4 Å². The topological polar surface area (TPSA) is 117 Å². The molecule has 2 aliphatic rings. The maximum atomic E-state index is 12.3. The molecular weight excluding hydrogens is 328 g/mol. The molecule has 1 aromatic carbocycles. The zero-order chi connectivity index (χ0) is 18.4. The molecule has 1 aromatic rings. The first-order valence-corrected chi connectivity index (χ1v) is 8.40. The zero-order valence-corrected chi connectivity index (χ0v) is 14.2. The van der Waals surface area contributed by atoms with Crippen LogP contribution in [0.25, 0.3) is 0 Å². The fourth-order valence-electron chi connectivity index (χ4n) is 4.53. The highest BCUT2D eigenvalue weighted by molar-refractivity contribution is 5.91. The predicted molar refractivity (Wildman–Crippen MR) is 87.3 cm³/mol. The summed E-state index contributed by atoms with van der Waals surface area (Å²) in [5, 5.41) is 29.8. The van der Waals surface area contributed by atoms with Gasteiger partial charge < -0.3 is 9.94 Å². The minimum atomic E-state index is -1.33. The highest BCUT2D eigenvalue weighted by atomic mass is 16.8. The molecule has 4 atom stereocenters. The molecular formula is C17H22N2O6. The van der Waals surface area contributed by atoms with Crippen LogP contribution in [-0.2, 0) is 4.74 Å². The summed E-state index contributed by atoms with van der Waals surface area (Å²) in [6, 6.07) is 3.10. The van der Waals surface area contributed by atoms with E-state index in [4.69, 9.17) is 9.94 Å². The third-order valence-electron chi connectivity index (χ3n) is 6.06. The highest BCUT2D eigenvalue weighted by Gasteiger charge is 2.52. The van der Waals surface area contributed by atoms with Crippen LogP contribution in [0.1, 0.15) is 43.5 Å². The van der Waals surface area contributed by atoms with Crippen LogP contribution in [-0.4, -0.2) is 22.7 Å². The van der Waals surface area contributed by atoms with E-state index in [2.05, 4.69) is 13.8 Å². The average molecular weight is 350 g/mol. The monoisotopic (exact) mass is 350 g/mol. The van der Waals surface area contributed by atoms with E-state index in [1.807, 2.05) is 0 Å². The van der Waals surface area contributed by atoms with Gasteiger partial charge in [0.05, 0.1) is 23.2 Å². The van der Waals surface area contributed by atoms with Crippen molar-refractivity contribution in [3.8, 4) is 0 Å². The molecule has 2 fully saturated rings. The van der Waals surface area contributed by atoms with E-state index in [0.717, 1.165) is 31.0 Å². The van der Waals surface area contributed by atoms with Crippen molar-refractivity contribution in [1.82, 2.24) is 0 Å². The molecule has 1 unspecified atom stereocenters. The molecule has 0 heterocycles. The number of nitro benzene ring substituents is 1. The van der Waals surface area contributed by atoms with Gasteiger partial charge >= 0.3 is 5.97 Å². The van der Waals surface area contributed by atoms with Crippen molar-refractivity contribution in [1.29, 1.82) is 0 Å². The third-order valence-corrected chi connectivity index (χ3v) is 6.06. The number of hydrogen-bond donors (Lipinski definition) is 2. The molecule has 2 saturated carbocycles. The lowest BCUT2D eigenvalue weighted by Crippen LogP contribution is -2.99. The van der Waals surface area contributed by atoms with Gasteiger partial charge in [-0.25, -0.2) is 10.0 Å². The number of non-ortho nitro benzene ring substituents is 1. The number of nitrogens with zero attached hydrogens (tertiary/aromatic N) is 1. The Morgan fingerprint density at radius 3 is 2.68 bits per heavy atom. The minimum absolute atomic E-state index is 0.104. The van der Waals surface area contributed by atoms with Crippen molar-refractivity contribution in [2.75, 3.05) is 6.61 Å². The van der Waals surface area contributed by atoms with E-state index in [1.165, 1.54) is 6.42 Å². The Labute approximate surface area is 145 Å². The summed E-state index contributed by atoms with van der Waals surface area (Å²) < 4.78 is 5.42. The number of esters is 1. The molecule has 0 aliphatic heterocycles. The van der Waals surface area contributed by atoms with Crippen LogP contribution in [0.3, 0.4) is 0 Å². The van der Waals surface area contributed by atoms with Crippen molar-refractivity contribution >= 4 is 17.3 Å². The molecule has 0 radical (unpaired) electrons. The fourth-order valence-corrected chi connectivity index (χ4v) is 4.53. The predicted octanol–water partition coefficient (Wildman–Crippen LogP) is 2.23. The van der Waals surface area contributed by atoms with Crippen LogP contribution in [0.15, 0.2) is 18.2 Å². The summed E-state index contributed by atoms with van der Waals surface area (Å²) in [5.74, 6) is 0.753. The molecule has 2 N–H and O–H groups in total. The maximum absolute atomic E-state index is 12.3. The molecule has 2 bridgehead atoms. The van der Waals surface area contributed by atoms with E-state index in [0.29, 0.717) is 11.8 Å². The summed E-state index contributed by atoms with van der Waals surface area (Å²) in [6.45, 7) is 4.66. The molecule has 0 saturated heterocycles. The molecule has 0 spiro atoms. The molecule has 0 aromatic heterocycles. The number of quaternary nitrogens is 1. The van der Waals surface area contributed by atoms with Gasteiger partial charge in [0.25, 0.3) is 5.69 Å². The second-order valence-electron chi connectivity index (χ2n) is 7.63. The molecule has 8 nitrogen and oxygen atoms in total. The molecule has 25 heavy (non-hydrogen) atoms. The number of ether oxygens (including phenoxy) is 1. The Morgan fingerprint density at radius 2 is 2.12 bits per heavy atom. The van der Waals surface area contributed by atoms with E-state index >= 15 is 0 Å². The van der Waals surface area contributed by atoms with E-state index < -0.39 is 21.8 Å². The van der Waals surface area contributed by atoms with Crippen molar-refractivity contribution in [3.05, 3.63) is 39.1 Å². The number of nitrogens with one attached hydrogen (secondary N) is 1. The average Bonchev–Trinajstić information content (AvgIpc) is 3.12. The lowest BCUT2D eigenvalue weighted by Gasteiger charge is -2.37. The third kappa shape index (κ3) is 3.24. The number of carbonyl (C=O) groups is 1. The number of benzene rings is 1. The summed E-state index contributed by atoms with van der Waals surface area (Å²) in [5.41, 5.74) is -0.737. The summed E-state index contributed by atoms with van der Waals surface area (Å²) in [6.07, 6.45) is 3.53. The van der Waals surface area contributed by atoms with Crippen LogP contribution in [0.5, 0.6) is 0 Å². The number of rotatable bonds is 5. The van der Waals surface area contributed by atoms with Gasteiger partial charge in [-0.3, -0.25) is 10.1 Å². The SMILES string of the molecule is CC1(C)[C@@H]2CC[C@@H](C2)[C@H]1COC(=O)c1cc([N+](=O)[O-])cc([NH+]([O-])O)c1. The Bertz CT molecular complexity index is 702. The van der Waals surface area contributed by atoms with Gasteiger partial charge in [0.2, 0.25) is 0 Å². The Morgan fingerprint density at radius 1 is 1.40 bits per heavy atom. The van der Waals surface area contributed by atoms with Gasteiger partial charge in [-0.2, -0.15) is 5.23 Å². The fraction of sp³-hybridized carbons (Fsp3) is 0.588. The Hall–Kier alpha value is -2.03. The van der Waals surface area contributed by atoms with Crippen molar-refractivity contribution in [2.24, 2.45) is 23.2 Å². The van der Waals surface area contributed by atoms with Gasteiger partial charge in [0.15, 0.2) is 5.69 Å². The normalized spacial score (nSPS) is 27.9. The van der Waals surface area contributed by atoms with Gasteiger partial charge in [-0.1, -0.05) is 13.8 Å². The first kappa shape index (κ1) is 17.8. The Balaban J connectivity index is 1.74.